The molecule has 3 rings (SSSR count). The number of carbonyl (C=O) groups is 1. The molecule has 1 fully saturated rings. The highest BCUT2D eigenvalue weighted by atomic mass is 35.5. The van der Waals surface area contributed by atoms with Gasteiger partial charge < -0.3 is 15.1 Å². The Balaban J connectivity index is 0.00000132. The molecule has 0 aliphatic carbocycles. The summed E-state index contributed by atoms with van der Waals surface area (Å²) in [5, 5.41) is 0. The highest BCUT2D eigenvalue weighted by molar-refractivity contribution is 5.85. The Hall–Kier alpha value is -1.63. The summed E-state index contributed by atoms with van der Waals surface area (Å²) in [6, 6.07) is 5.94. The van der Waals surface area contributed by atoms with Gasteiger partial charge >= 0.3 is 0 Å². The normalized spacial score (nSPS) is 16.6. The van der Waals surface area contributed by atoms with Crippen LogP contribution in [0.25, 0.3) is 11.5 Å². The Labute approximate surface area is 145 Å². The Kier molecular flexibility index (Phi) is 7.00. The van der Waals surface area contributed by atoms with Gasteiger partial charge in [-0.25, -0.2) is 9.37 Å². The number of aromatic nitrogens is 1. The van der Waals surface area contributed by atoms with Crippen LogP contribution in [0.4, 0.5) is 4.39 Å². The van der Waals surface area contributed by atoms with Crippen molar-refractivity contribution in [3.8, 4) is 11.5 Å². The molecule has 0 saturated carbocycles. The average Bonchev–Trinajstić information content (AvgIpc) is 3.09. The molecule has 0 radical (unpaired) electrons. The molecule has 0 spiro atoms. The first-order valence-electron chi connectivity index (χ1n) is 6.85. The fourth-order valence-electron chi connectivity index (χ4n) is 2.39. The van der Waals surface area contributed by atoms with Crippen molar-refractivity contribution >= 4 is 30.7 Å². The smallest absolute Gasteiger partial charge is 0.228 e. The highest BCUT2D eigenvalue weighted by Gasteiger charge is 2.24. The van der Waals surface area contributed by atoms with Crippen LogP contribution < -0.4 is 5.73 Å². The van der Waals surface area contributed by atoms with Gasteiger partial charge in [0.25, 0.3) is 0 Å². The second kappa shape index (κ2) is 8.29. The topological polar surface area (TPSA) is 72.4 Å². The van der Waals surface area contributed by atoms with E-state index in [1.165, 1.54) is 18.4 Å². The molecule has 1 atom stereocenters. The van der Waals surface area contributed by atoms with Crippen LogP contribution in [0.3, 0.4) is 0 Å². The minimum atomic E-state index is -0.314. The van der Waals surface area contributed by atoms with Gasteiger partial charge in [0, 0.05) is 24.7 Å². The van der Waals surface area contributed by atoms with E-state index >= 15 is 0 Å². The van der Waals surface area contributed by atoms with Gasteiger partial charge in [-0.15, -0.1) is 24.8 Å². The maximum absolute atomic E-state index is 12.9. The van der Waals surface area contributed by atoms with Crippen LogP contribution in [0.5, 0.6) is 0 Å². The number of oxazole rings is 1. The molecule has 0 unspecified atom stereocenters. The predicted octanol–water partition coefficient (Wildman–Crippen LogP) is 2.43. The van der Waals surface area contributed by atoms with Crippen LogP contribution in [0.15, 0.2) is 34.9 Å². The zero-order valence-electron chi connectivity index (χ0n) is 12.3. The fourth-order valence-corrected chi connectivity index (χ4v) is 2.39. The van der Waals surface area contributed by atoms with Crippen molar-refractivity contribution in [1.29, 1.82) is 0 Å². The average molecular weight is 362 g/mol. The van der Waals surface area contributed by atoms with E-state index in [-0.39, 0.29) is 49.0 Å². The lowest BCUT2D eigenvalue weighted by Crippen LogP contribution is -2.32. The minimum absolute atomic E-state index is 0. The molecule has 5 nitrogen and oxygen atoms in total. The summed E-state index contributed by atoms with van der Waals surface area (Å²) in [7, 11) is 0. The van der Waals surface area contributed by atoms with E-state index in [0.29, 0.717) is 30.2 Å². The summed E-state index contributed by atoms with van der Waals surface area (Å²) in [5.41, 5.74) is 7.04. The number of hydrogen-bond acceptors (Lipinski definition) is 4. The first-order valence-corrected chi connectivity index (χ1v) is 6.85. The van der Waals surface area contributed by atoms with Gasteiger partial charge in [-0.05, 0) is 30.7 Å². The minimum Gasteiger partial charge on any atom is -0.444 e. The number of nitrogens with two attached hydrogens (primary N) is 1. The van der Waals surface area contributed by atoms with Crippen molar-refractivity contribution in [1.82, 2.24) is 9.88 Å². The predicted molar refractivity (Wildman–Crippen MR) is 89.3 cm³/mol. The van der Waals surface area contributed by atoms with Crippen LogP contribution in [-0.2, 0) is 11.2 Å². The van der Waals surface area contributed by atoms with Crippen molar-refractivity contribution < 1.29 is 13.6 Å². The van der Waals surface area contributed by atoms with Gasteiger partial charge in [-0.1, -0.05) is 0 Å². The third kappa shape index (κ3) is 4.67. The molecule has 1 aliphatic heterocycles. The molecule has 126 valence electrons. The largest absolute Gasteiger partial charge is 0.444 e. The summed E-state index contributed by atoms with van der Waals surface area (Å²) < 4.78 is 18.2. The highest BCUT2D eigenvalue weighted by Crippen LogP contribution is 2.19. The summed E-state index contributed by atoms with van der Waals surface area (Å²) >= 11 is 0. The van der Waals surface area contributed by atoms with E-state index in [1.54, 1.807) is 17.0 Å². The van der Waals surface area contributed by atoms with Crippen molar-refractivity contribution in [3.05, 3.63) is 42.0 Å². The lowest BCUT2D eigenvalue weighted by molar-refractivity contribution is -0.129. The number of rotatable bonds is 3. The van der Waals surface area contributed by atoms with E-state index in [0.717, 1.165) is 6.42 Å². The van der Waals surface area contributed by atoms with Crippen LogP contribution in [0.1, 0.15) is 12.1 Å². The molecule has 1 aliphatic rings. The molecule has 0 bridgehead atoms. The van der Waals surface area contributed by atoms with Gasteiger partial charge in [0.15, 0.2) is 0 Å². The monoisotopic (exact) mass is 361 g/mol. The molecule has 23 heavy (non-hydrogen) atoms. The van der Waals surface area contributed by atoms with Gasteiger partial charge in [0.1, 0.15) is 12.1 Å². The molecule has 1 saturated heterocycles. The lowest BCUT2D eigenvalue weighted by Gasteiger charge is -2.14. The zero-order chi connectivity index (χ0) is 14.8. The molecule has 2 N–H and O–H groups in total. The van der Waals surface area contributed by atoms with Crippen molar-refractivity contribution in [2.45, 2.75) is 18.9 Å². The number of nitrogens with zero attached hydrogens (tertiary/aromatic N) is 2. The second-order valence-corrected chi connectivity index (χ2v) is 5.22. The third-order valence-electron chi connectivity index (χ3n) is 3.55. The van der Waals surface area contributed by atoms with Crippen LogP contribution >= 0.6 is 24.8 Å². The summed E-state index contributed by atoms with van der Waals surface area (Å²) in [4.78, 5) is 18.1. The van der Waals surface area contributed by atoms with Crippen LogP contribution in [-0.4, -0.2) is 34.9 Å². The summed E-state index contributed by atoms with van der Waals surface area (Å²) in [6.07, 6.45) is 2.50. The van der Waals surface area contributed by atoms with E-state index < -0.39 is 0 Å². The Morgan fingerprint density at radius 1 is 1.35 bits per heavy atom. The molecule has 1 aromatic carbocycles. The molecule has 1 aromatic heterocycles. The fraction of sp³-hybridized carbons (Fsp3) is 0.333. The van der Waals surface area contributed by atoms with Gasteiger partial charge in [-0.3, -0.25) is 4.79 Å². The van der Waals surface area contributed by atoms with Gasteiger partial charge in [0.2, 0.25) is 11.8 Å². The number of amides is 1. The second-order valence-electron chi connectivity index (χ2n) is 5.22. The molecular formula is C15H18Cl2FN3O2. The zero-order valence-corrected chi connectivity index (χ0v) is 13.9. The maximum atomic E-state index is 12.9. The van der Waals surface area contributed by atoms with Crippen molar-refractivity contribution in [3.63, 3.8) is 0 Å². The van der Waals surface area contributed by atoms with Crippen LogP contribution in [0, 0.1) is 5.82 Å². The number of carbonyl (C=O) groups excluding carboxylic acids is 1. The summed E-state index contributed by atoms with van der Waals surface area (Å²) in [5.74, 6) is 0.0731. The van der Waals surface area contributed by atoms with Gasteiger partial charge in [0.05, 0.1) is 12.1 Å². The number of likely N-dealkylation sites (tertiary alicyclic amines) is 1. The maximum Gasteiger partial charge on any atom is 0.228 e. The number of halogens is 3. The molecule has 2 aromatic rings. The molecule has 8 heteroatoms. The van der Waals surface area contributed by atoms with E-state index in [1.807, 2.05) is 0 Å². The van der Waals surface area contributed by atoms with Crippen LogP contribution in [0.2, 0.25) is 0 Å². The SMILES string of the molecule is Cl.Cl.N[C@@H]1CCN(C(=O)Cc2coc(-c3ccc(F)cc3)n2)C1. The molecule has 2 heterocycles. The lowest BCUT2D eigenvalue weighted by atomic mass is 10.2. The number of benzene rings is 1. The Morgan fingerprint density at radius 2 is 2.04 bits per heavy atom. The quantitative estimate of drug-likeness (QED) is 0.910. The van der Waals surface area contributed by atoms with E-state index in [9.17, 15) is 9.18 Å². The Morgan fingerprint density at radius 3 is 2.65 bits per heavy atom. The van der Waals surface area contributed by atoms with Crippen molar-refractivity contribution in [2.75, 3.05) is 13.1 Å². The third-order valence-corrected chi connectivity index (χ3v) is 3.55. The molecule has 1 amide bonds. The first kappa shape index (κ1) is 19.4. The van der Waals surface area contributed by atoms with Gasteiger partial charge in [-0.2, -0.15) is 0 Å². The Bertz CT molecular complexity index is 648. The standard InChI is InChI=1S/C15H16FN3O2.2ClH/c16-11-3-1-10(2-4-11)15-18-13(9-21-15)7-14(20)19-6-5-12(17)8-19;;/h1-4,9,12H,5-8,17H2;2*1H/t12-;;/m1../s1. The summed E-state index contributed by atoms with van der Waals surface area (Å²) in [6.45, 7) is 1.30. The molecular weight excluding hydrogens is 344 g/mol. The van der Waals surface area contributed by atoms with E-state index in [4.69, 9.17) is 10.2 Å². The first-order chi connectivity index (χ1) is 10.1. The van der Waals surface area contributed by atoms with E-state index in [2.05, 4.69) is 4.98 Å². The van der Waals surface area contributed by atoms with Crippen molar-refractivity contribution in [2.24, 2.45) is 5.73 Å². The number of hydrogen-bond donors (Lipinski definition) is 1.